The van der Waals surface area contributed by atoms with E-state index >= 15 is 0 Å². The second-order valence-electron chi connectivity index (χ2n) is 8.10. The van der Waals surface area contributed by atoms with Gasteiger partial charge in [-0.2, -0.15) is 18.3 Å². The number of amides is 2. The first-order valence-corrected chi connectivity index (χ1v) is 10.6. The maximum absolute atomic E-state index is 13.2. The molecule has 3 aromatic rings. The average molecular weight is 456 g/mol. The Bertz CT molecular complexity index is 1160. The largest absolute Gasteiger partial charge is 0.416 e. The Morgan fingerprint density at radius 2 is 1.94 bits per heavy atom. The second-order valence-corrected chi connectivity index (χ2v) is 8.10. The molecule has 1 aliphatic rings. The van der Waals surface area contributed by atoms with Gasteiger partial charge in [0.25, 0.3) is 5.91 Å². The minimum Gasteiger partial charge on any atom is -0.343 e. The Morgan fingerprint density at radius 3 is 2.55 bits per heavy atom. The first-order chi connectivity index (χ1) is 15.7. The number of likely N-dealkylation sites (tertiary alicyclic amines) is 1. The van der Waals surface area contributed by atoms with Gasteiger partial charge >= 0.3 is 6.18 Å². The standard InChI is InChI=1S/C24H23F3N4O2/c1-16-13-28-31(14-16)20-9-7-17(8-10-20)23(33)29-21(15-30-11-3-6-22(30)32)18-4-2-5-19(12-18)24(25,26)27/h2,4-5,7-10,12-14,21H,3,6,11,15H2,1H3,(H,29,33). The first-order valence-electron chi connectivity index (χ1n) is 10.6. The van der Waals surface area contributed by atoms with E-state index in [-0.39, 0.29) is 12.5 Å². The molecule has 2 heterocycles. The molecule has 2 amide bonds. The van der Waals surface area contributed by atoms with Crippen molar-refractivity contribution in [2.24, 2.45) is 0 Å². The van der Waals surface area contributed by atoms with Crippen LogP contribution in [0.2, 0.25) is 0 Å². The molecular weight excluding hydrogens is 433 g/mol. The zero-order valence-electron chi connectivity index (χ0n) is 18.0. The van der Waals surface area contributed by atoms with Crippen molar-refractivity contribution in [2.45, 2.75) is 32.0 Å². The van der Waals surface area contributed by atoms with Crippen molar-refractivity contribution in [3.05, 3.63) is 83.2 Å². The summed E-state index contributed by atoms with van der Waals surface area (Å²) in [5.41, 5.74) is 1.62. The fraction of sp³-hybridized carbons (Fsp3) is 0.292. The molecule has 4 rings (SSSR count). The van der Waals surface area contributed by atoms with Crippen LogP contribution in [0.15, 0.2) is 60.9 Å². The zero-order chi connectivity index (χ0) is 23.6. The van der Waals surface area contributed by atoms with Gasteiger partial charge in [0.1, 0.15) is 0 Å². The third-order valence-electron chi connectivity index (χ3n) is 5.60. The van der Waals surface area contributed by atoms with Gasteiger partial charge in [0.05, 0.1) is 23.5 Å². The molecular formula is C24H23F3N4O2. The summed E-state index contributed by atoms with van der Waals surface area (Å²) < 4.78 is 41.4. The summed E-state index contributed by atoms with van der Waals surface area (Å²) in [6.45, 7) is 2.54. The molecule has 6 nitrogen and oxygen atoms in total. The average Bonchev–Trinajstić information content (AvgIpc) is 3.41. The van der Waals surface area contributed by atoms with Crippen molar-refractivity contribution < 1.29 is 22.8 Å². The topological polar surface area (TPSA) is 67.2 Å². The number of aryl methyl sites for hydroxylation is 1. The molecule has 1 atom stereocenters. The lowest BCUT2D eigenvalue weighted by molar-refractivity contribution is -0.137. The number of hydrogen-bond donors (Lipinski definition) is 1. The van der Waals surface area contributed by atoms with E-state index in [2.05, 4.69) is 10.4 Å². The highest BCUT2D eigenvalue weighted by Gasteiger charge is 2.32. The number of carbonyl (C=O) groups is 2. The van der Waals surface area contributed by atoms with Crippen LogP contribution in [-0.2, 0) is 11.0 Å². The number of benzene rings is 2. The highest BCUT2D eigenvalue weighted by Crippen LogP contribution is 2.31. The molecule has 172 valence electrons. The fourth-order valence-corrected chi connectivity index (χ4v) is 3.84. The van der Waals surface area contributed by atoms with Gasteiger partial charge in [0.2, 0.25) is 5.91 Å². The van der Waals surface area contributed by atoms with Gasteiger partial charge in [0.15, 0.2) is 0 Å². The third-order valence-corrected chi connectivity index (χ3v) is 5.60. The maximum atomic E-state index is 13.2. The lowest BCUT2D eigenvalue weighted by Crippen LogP contribution is -2.38. The lowest BCUT2D eigenvalue weighted by atomic mass is 10.0. The van der Waals surface area contributed by atoms with Gasteiger partial charge in [-0.05, 0) is 60.9 Å². The van der Waals surface area contributed by atoms with Crippen LogP contribution in [0, 0.1) is 6.92 Å². The summed E-state index contributed by atoms with van der Waals surface area (Å²) in [6.07, 6.45) is 0.161. The van der Waals surface area contributed by atoms with Crippen LogP contribution in [0.25, 0.3) is 5.69 Å². The summed E-state index contributed by atoms with van der Waals surface area (Å²) in [5.74, 6) is -0.507. The van der Waals surface area contributed by atoms with E-state index in [1.54, 1.807) is 40.0 Å². The molecule has 1 unspecified atom stereocenters. The summed E-state index contributed by atoms with van der Waals surface area (Å²) in [6, 6.07) is 10.8. The van der Waals surface area contributed by atoms with Crippen LogP contribution in [-0.4, -0.2) is 39.6 Å². The Hall–Kier alpha value is -3.62. The van der Waals surface area contributed by atoms with Gasteiger partial charge in [-0.3, -0.25) is 9.59 Å². The summed E-state index contributed by atoms with van der Waals surface area (Å²) >= 11 is 0. The highest BCUT2D eigenvalue weighted by atomic mass is 19.4. The number of nitrogens with zero attached hydrogens (tertiary/aromatic N) is 3. The number of halogens is 3. The SMILES string of the molecule is Cc1cnn(-c2ccc(C(=O)NC(CN3CCCC3=O)c3cccc(C(F)(F)F)c3)cc2)c1. The molecule has 1 aliphatic heterocycles. The molecule has 0 saturated carbocycles. The third kappa shape index (κ3) is 5.24. The van der Waals surface area contributed by atoms with Crippen LogP contribution < -0.4 is 5.32 Å². The van der Waals surface area contributed by atoms with Crippen molar-refractivity contribution >= 4 is 11.8 Å². The Kier molecular flexibility index (Phi) is 6.22. The Labute approximate surface area is 189 Å². The van der Waals surface area contributed by atoms with Gasteiger partial charge in [-0.1, -0.05) is 12.1 Å². The van der Waals surface area contributed by atoms with Crippen molar-refractivity contribution in [1.82, 2.24) is 20.0 Å². The lowest BCUT2D eigenvalue weighted by Gasteiger charge is -2.26. The number of alkyl halides is 3. The van der Waals surface area contributed by atoms with E-state index in [4.69, 9.17) is 0 Å². The first kappa shape index (κ1) is 22.6. The van der Waals surface area contributed by atoms with Gasteiger partial charge in [0, 0.05) is 31.3 Å². The van der Waals surface area contributed by atoms with Gasteiger partial charge < -0.3 is 10.2 Å². The molecule has 1 fully saturated rings. The molecule has 0 bridgehead atoms. The van der Waals surface area contributed by atoms with Crippen LogP contribution >= 0.6 is 0 Å². The summed E-state index contributed by atoms with van der Waals surface area (Å²) in [5, 5.41) is 7.04. The predicted octanol–water partition coefficient (Wildman–Crippen LogP) is 4.29. The van der Waals surface area contributed by atoms with E-state index < -0.39 is 23.7 Å². The number of aromatic nitrogens is 2. The van der Waals surface area contributed by atoms with Crippen molar-refractivity contribution in [2.75, 3.05) is 13.1 Å². The van der Waals surface area contributed by atoms with E-state index in [1.807, 2.05) is 13.1 Å². The number of rotatable bonds is 6. The summed E-state index contributed by atoms with van der Waals surface area (Å²) in [7, 11) is 0. The number of nitrogens with one attached hydrogen (secondary N) is 1. The van der Waals surface area contributed by atoms with Gasteiger partial charge in [-0.25, -0.2) is 4.68 Å². The molecule has 33 heavy (non-hydrogen) atoms. The van der Waals surface area contributed by atoms with Crippen molar-refractivity contribution in [1.29, 1.82) is 0 Å². The number of hydrogen-bond acceptors (Lipinski definition) is 3. The van der Waals surface area contributed by atoms with E-state index in [0.29, 0.717) is 30.5 Å². The monoisotopic (exact) mass is 456 g/mol. The fourth-order valence-electron chi connectivity index (χ4n) is 3.84. The maximum Gasteiger partial charge on any atom is 0.416 e. The molecule has 1 N–H and O–H groups in total. The molecule has 0 radical (unpaired) electrons. The van der Waals surface area contributed by atoms with E-state index in [1.165, 1.54) is 12.1 Å². The Morgan fingerprint density at radius 1 is 1.18 bits per heavy atom. The zero-order valence-corrected chi connectivity index (χ0v) is 18.0. The smallest absolute Gasteiger partial charge is 0.343 e. The summed E-state index contributed by atoms with van der Waals surface area (Å²) in [4.78, 5) is 26.7. The van der Waals surface area contributed by atoms with Crippen LogP contribution in [0.5, 0.6) is 0 Å². The molecule has 1 saturated heterocycles. The molecule has 9 heteroatoms. The molecule has 2 aromatic carbocycles. The van der Waals surface area contributed by atoms with Gasteiger partial charge in [-0.15, -0.1) is 0 Å². The van der Waals surface area contributed by atoms with E-state index in [0.717, 1.165) is 23.4 Å². The molecule has 1 aromatic heterocycles. The minimum atomic E-state index is -4.51. The van der Waals surface area contributed by atoms with Crippen molar-refractivity contribution in [3.8, 4) is 5.69 Å². The Balaban J connectivity index is 1.57. The van der Waals surface area contributed by atoms with E-state index in [9.17, 15) is 22.8 Å². The van der Waals surface area contributed by atoms with Crippen LogP contribution in [0.1, 0.15) is 45.9 Å². The quantitative estimate of drug-likeness (QED) is 0.602. The van der Waals surface area contributed by atoms with Crippen LogP contribution in [0.4, 0.5) is 13.2 Å². The minimum absolute atomic E-state index is 0.0694. The highest BCUT2D eigenvalue weighted by molar-refractivity contribution is 5.94. The molecule has 0 aliphatic carbocycles. The van der Waals surface area contributed by atoms with Crippen LogP contribution in [0.3, 0.4) is 0 Å². The normalized spacial score (nSPS) is 15.0. The predicted molar refractivity (Wildman–Crippen MR) is 116 cm³/mol. The molecule has 0 spiro atoms. The number of carbonyl (C=O) groups excluding carboxylic acids is 2. The second kappa shape index (κ2) is 9.09. The van der Waals surface area contributed by atoms with Crippen molar-refractivity contribution in [3.63, 3.8) is 0 Å².